The van der Waals surface area contributed by atoms with E-state index in [9.17, 15) is 4.79 Å². The van der Waals surface area contributed by atoms with Gasteiger partial charge in [-0.25, -0.2) is 4.68 Å². The molecule has 0 amide bonds. The Labute approximate surface area is 122 Å². The van der Waals surface area contributed by atoms with Gasteiger partial charge >= 0.3 is 0 Å². The van der Waals surface area contributed by atoms with Crippen molar-refractivity contribution >= 4 is 0 Å². The number of rotatable bonds is 5. The Kier molecular flexibility index (Phi) is 4.74. The predicted molar refractivity (Wildman–Crippen MR) is 82.0 cm³/mol. The van der Waals surface area contributed by atoms with E-state index in [0.717, 1.165) is 16.8 Å². The minimum Gasteiger partial charge on any atom is -0.268 e. The topological polar surface area (TPSA) is 83.7 Å². The molecule has 108 valence electrons. The molecule has 0 radical (unpaired) electrons. The Morgan fingerprint density at radius 2 is 2.05 bits per heavy atom. The number of benzene rings is 1. The van der Waals surface area contributed by atoms with E-state index in [1.54, 1.807) is 6.07 Å². The smallest absolute Gasteiger partial charge is 0.267 e. The van der Waals surface area contributed by atoms with Gasteiger partial charge in [0.1, 0.15) is 0 Å². The Morgan fingerprint density at radius 1 is 1.33 bits per heavy atom. The maximum atomic E-state index is 12.1. The molecule has 0 aliphatic rings. The van der Waals surface area contributed by atoms with Gasteiger partial charge in [-0.05, 0) is 31.4 Å². The SMILES string of the molecule is CC(C)n1nc(-c2ccccc2)c(CCN=[N+]=[N-])cc1=O. The van der Waals surface area contributed by atoms with Crippen molar-refractivity contribution in [3.05, 3.63) is 62.8 Å². The summed E-state index contributed by atoms with van der Waals surface area (Å²) in [5, 5.41) is 8.02. The molecular formula is C15H17N5O. The first-order chi connectivity index (χ1) is 10.1. The van der Waals surface area contributed by atoms with E-state index in [2.05, 4.69) is 15.1 Å². The van der Waals surface area contributed by atoms with E-state index in [0.29, 0.717) is 13.0 Å². The van der Waals surface area contributed by atoms with Gasteiger partial charge in [-0.1, -0.05) is 35.4 Å². The van der Waals surface area contributed by atoms with Crippen LogP contribution in [0.5, 0.6) is 0 Å². The highest BCUT2D eigenvalue weighted by molar-refractivity contribution is 5.62. The molecule has 6 heteroatoms. The molecule has 1 aromatic carbocycles. The Balaban J connectivity index is 2.54. The van der Waals surface area contributed by atoms with Crippen molar-refractivity contribution in [3.63, 3.8) is 0 Å². The highest BCUT2D eigenvalue weighted by atomic mass is 16.1. The maximum Gasteiger partial charge on any atom is 0.267 e. The molecule has 0 saturated heterocycles. The van der Waals surface area contributed by atoms with Crippen LogP contribution in [0.2, 0.25) is 0 Å². The number of hydrogen-bond donors (Lipinski definition) is 0. The van der Waals surface area contributed by atoms with Gasteiger partial charge in [0.15, 0.2) is 0 Å². The lowest BCUT2D eigenvalue weighted by atomic mass is 10.0. The molecule has 0 bridgehead atoms. The Hall–Kier alpha value is -2.59. The average Bonchev–Trinajstić information content (AvgIpc) is 2.48. The summed E-state index contributed by atoms with van der Waals surface area (Å²) in [4.78, 5) is 14.8. The first-order valence-electron chi connectivity index (χ1n) is 6.82. The quantitative estimate of drug-likeness (QED) is 0.479. The predicted octanol–water partition coefficient (Wildman–Crippen LogP) is 3.34. The molecular weight excluding hydrogens is 266 g/mol. The number of azide groups is 1. The Bertz CT molecular complexity index is 715. The van der Waals surface area contributed by atoms with E-state index in [1.165, 1.54) is 4.68 Å². The minimum atomic E-state index is -0.138. The molecule has 0 unspecified atom stereocenters. The molecule has 0 fully saturated rings. The average molecular weight is 283 g/mol. The van der Waals surface area contributed by atoms with E-state index < -0.39 is 0 Å². The van der Waals surface area contributed by atoms with E-state index in [-0.39, 0.29) is 11.6 Å². The number of nitrogens with zero attached hydrogens (tertiary/aromatic N) is 5. The third-order valence-electron chi connectivity index (χ3n) is 3.12. The fourth-order valence-electron chi connectivity index (χ4n) is 2.12. The standard InChI is InChI=1S/C15H17N5O/c1-11(2)20-14(21)10-13(8-9-17-19-16)15(18-20)12-6-4-3-5-7-12/h3-7,10-11H,8-9H2,1-2H3. The Morgan fingerprint density at radius 3 is 2.67 bits per heavy atom. The fourth-order valence-corrected chi connectivity index (χ4v) is 2.12. The third-order valence-corrected chi connectivity index (χ3v) is 3.12. The fraction of sp³-hybridized carbons (Fsp3) is 0.333. The van der Waals surface area contributed by atoms with Crippen molar-refractivity contribution in [2.45, 2.75) is 26.3 Å². The summed E-state index contributed by atoms with van der Waals surface area (Å²) in [5.41, 5.74) is 10.8. The second-order valence-corrected chi connectivity index (χ2v) is 4.97. The van der Waals surface area contributed by atoms with Crippen LogP contribution in [0.1, 0.15) is 25.5 Å². The zero-order chi connectivity index (χ0) is 15.2. The van der Waals surface area contributed by atoms with Crippen molar-refractivity contribution in [2.24, 2.45) is 5.11 Å². The molecule has 2 rings (SSSR count). The van der Waals surface area contributed by atoms with E-state index in [4.69, 9.17) is 5.53 Å². The summed E-state index contributed by atoms with van der Waals surface area (Å²) in [5.74, 6) is 0. The summed E-state index contributed by atoms with van der Waals surface area (Å²) >= 11 is 0. The van der Waals surface area contributed by atoms with Crippen LogP contribution in [0.25, 0.3) is 21.7 Å². The molecule has 0 aliphatic carbocycles. The van der Waals surface area contributed by atoms with E-state index in [1.807, 2.05) is 44.2 Å². The third kappa shape index (κ3) is 3.49. The lowest BCUT2D eigenvalue weighted by Crippen LogP contribution is -2.25. The molecule has 1 heterocycles. The monoisotopic (exact) mass is 283 g/mol. The molecule has 2 aromatic rings. The zero-order valence-corrected chi connectivity index (χ0v) is 12.1. The lowest BCUT2D eigenvalue weighted by Gasteiger charge is -2.14. The second-order valence-electron chi connectivity index (χ2n) is 4.97. The summed E-state index contributed by atoms with van der Waals surface area (Å²) in [6.07, 6.45) is 0.495. The number of hydrogen-bond acceptors (Lipinski definition) is 3. The van der Waals surface area contributed by atoms with Crippen LogP contribution in [-0.4, -0.2) is 16.3 Å². The van der Waals surface area contributed by atoms with Gasteiger partial charge in [-0.3, -0.25) is 4.79 Å². The zero-order valence-electron chi connectivity index (χ0n) is 12.1. The van der Waals surface area contributed by atoms with Gasteiger partial charge in [0.05, 0.1) is 11.7 Å². The lowest BCUT2D eigenvalue weighted by molar-refractivity contribution is 0.503. The van der Waals surface area contributed by atoms with Crippen molar-refractivity contribution in [1.82, 2.24) is 9.78 Å². The maximum absolute atomic E-state index is 12.1. The second kappa shape index (κ2) is 6.72. The highest BCUT2D eigenvalue weighted by Gasteiger charge is 2.12. The van der Waals surface area contributed by atoms with Crippen LogP contribution < -0.4 is 5.56 Å². The normalized spacial score (nSPS) is 10.4. The molecule has 0 spiro atoms. The highest BCUT2D eigenvalue weighted by Crippen LogP contribution is 2.21. The van der Waals surface area contributed by atoms with Gasteiger partial charge in [-0.2, -0.15) is 5.10 Å². The molecule has 0 atom stereocenters. The van der Waals surface area contributed by atoms with Crippen LogP contribution in [-0.2, 0) is 6.42 Å². The largest absolute Gasteiger partial charge is 0.268 e. The first-order valence-corrected chi connectivity index (χ1v) is 6.82. The molecule has 0 N–H and O–H groups in total. The first kappa shape index (κ1) is 14.8. The van der Waals surface area contributed by atoms with Crippen LogP contribution in [0.15, 0.2) is 46.3 Å². The summed E-state index contributed by atoms with van der Waals surface area (Å²) in [6, 6.07) is 11.3. The van der Waals surface area contributed by atoms with Gasteiger partial charge in [-0.15, -0.1) is 0 Å². The summed E-state index contributed by atoms with van der Waals surface area (Å²) < 4.78 is 1.47. The minimum absolute atomic E-state index is 0.00820. The van der Waals surface area contributed by atoms with E-state index >= 15 is 0 Å². The molecule has 6 nitrogen and oxygen atoms in total. The summed E-state index contributed by atoms with van der Waals surface area (Å²) in [6.45, 7) is 4.15. The van der Waals surface area contributed by atoms with Gasteiger partial charge in [0.2, 0.25) is 0 Å². The van der Waals surface area contributed by atoms with Crippen LogP contribution in [0.4, 0.5) is 0 Å². The molecule has 21 heavy (non-hydrogen) atoms. The van der Waals surface area contributed by atoms with Gasteiger partial charge < -0.3 is 0 Å². The molecule has 1 aromatic heterocycles. The van der Waals surface area contributed by atoms with Crippen molar-refractivity contribution in [3.8, 4) is 11.3 Å². The van der Waals surface area contributed by atoms with Crippen molar-refractivity contribution in [2.75, 3.05) is 6.54 Å². The van der Waals surface area contributed by atoms with Crippen LogP contribution in [0, 0.1) is 0 Å². The van der Waals surface area contributed by atoms with Crippen LogP contribution in [0.3, 0.4) is 0 Å². The number of aromatic nitrogens is 2. The van der Waals surface area contributed by atoms with Gasteiger partial charge in [0.25, 0.3) is 5.56 Å². The van der Waals surface area contributed by atoms with Crippen molar-refractivity contribution < 1.29 is 0 Å². The summed E-state index contributed by atoms with van der Waals surface area (Å²) in [7, 11) is 0. The van der Waals surface area contributed by atoms with Crippen molar-refractivity contribution in [1.29, 1.82) is 0 Å². The molecule has 0 aliphatic heterocycles. The van der Waals surface area contributed by atoms with Gasteiger partial charge in [0, 0.05) is 23.1 Å². The molecule has 0 saturated carbocycles. The van der Waals surface area contributed by atoms with Crippen LogP contribution >= 0.6 is 0 Å².